The summed E-state index contributed by atoms with van der Waals surface area (Å²) in [6, 6.07) is -0.467. The number of carbonyl (C=O) groups excluding carboxylic acids is 1. The van der Waals surface area contributed by atoms with Gasteiger partial charge in [0.25, 0.3) is 0 Å². The quantitative estimate of drug-likeness (QED) is 0.614. The Hall–Kier alpha value is -1.10. The van der Waals surface area contributed by atoms with Gasteiger partial charge >= 0.3 is 5.97 Å². The van der Waals surface area contributed by atoms with Gasteiger partial charge in [-0.1, -0.05) is 20.8 Å². The Morgan fingerprint density at radius 1 is 1.28 bits per heavy atom. The number of hydrogen-bond acceptors (Lipinski definition) is 3. The first kappa shape index (κ1) is 16.9. The Bertz CT molecular complexity index is 288. The minimum Gasteiger partial charge on any atom is -0.481 e. The summed E-state index contributed by atoms with van der Waals surface area (Å²) in [6.45, 7) is 7.78. The predicted octanol–water partition coefficient (Wildman–Crippen LogP) is 1.38. The van der Waals surface area contributed by atoms with Crippen LogP contribution in [0.25, 0.3) is 0 Å². The molecule has 0 aliphatic carbocycles. The van der Waals surface area contributed by atoms with Gasteiger partial charge in [-0.25, -0.2) is 0 Å². The molecule has 0 aromatic carbocycles. The van der Waals surface area contributed by atoms with Gasteiger partial charge < -0.3 is 15.7 Å². The lowest BCUT2D eigenvalue weighted by Gasteiger charge is -2.33. The average molecular weight is 258 g/mol. The van der Waals surface area contributed by atoms with Gasteiger partial charge in [-0.05, 0) is 26.2 Å². The third-order valence-corrected chi connectivity index (χ3v) is 3.66. The number of likely N-dealkylation sites (N-methyl/N-ethyl adjacent to an activating group) is 1. The van der Waals surface area contributed by atoms with Crippen molar-refractivity contribution in [2.24, 2.45) is 5.92 Å². The molecule has 106 valence electrons. The van der Waals surface area contributed by atoms with E-state index >= 15 is 0 Å². The first-order valence-electron chi connectivity index (χ1n) is 6.51. The Morgan fingerprint density at radius 2 is 1.78 bits per heavy atom. The first-order chi connectivity index (χ1) is 8.29. The van der Waals surface area contributed by atoms with Crippen molar-refractivity contribution in [3.8, 4) is 0 Å². The maximum atomic E-state index is 11.8. The normalized spacial score (nSPS) is 14.9. The van der Waals surface area contributed by atoms with E-state index in [0.29, 0.717) is 6.42 Å². The van der Waals surface area contributed by atoms with E-state index in [1.54, 1.807) is 14.0 Å². The van der Waals surface area contributed by atoms with E-state index in [4.69, 9.17) is 5.11 Å². The van der Waals surface area contributed by atoms with Gasteiger partial charge in [0.05, 0.1) is 12.0 Å². The van der Waals surface area contributed by atoms with E-state index in [-0.39, 0.29) is 11.4 Å². The molecule has 2 atom stereocenters. The van der Waals surface area contributed by atoms with Crippen LogP contribution in [0.2, 0.25) is 0 Å². The van der Waals surface area contributed by atoms with Crippen LogP contribution in [0.4, 0.5) is 0 Å². The van der Waals surface area contributed by atoms with Crippen LogP contribution in [0.15, 0.2) is 0 Å². The standard InChI is InChI=1S/C13H26N2O3/c1-6-13(4,7-2)15-10(11(16)14-5)8-9(3)12(17)18/h9-10,15H,6-8H2,1-5H3,(H,14,16)(H,17,18). The number of nitrogens with one attached hydrogen (secondary N) is 2. The Labute approximate surface area is 109 Å². The molecule has 0 rings (SSSR count). The van der Waals surface area contributed by atoms with Gasteiger partial charge in [0.1, 0.15) is 0 Å². The molecule has 18 heavy (non-hydrogen) atoms. The van der Waals surface area contributed by atoms with Crippen molar-refractivity contribution in [3.63, 3.8) is 0 Å². The number of aliphatic carboxylic acids is 1. The number of carboxylic acid groups (broad SMARTS) is 1. The fourth-order valence-corrected chi connectivity index (χ4v) is 1.73. The first-order valence-corrected chi connectivity index (χ1v) is 6.51. The number of carboxylic acids is 1. The molecule has 0 aliphatic rings. The van der Waals surface area contributed by atoms with Gasteiger partial charge in [0.2, 0.25) is 5.91 Å². The van der Waals surface area contributed by atoms with E-state index in [0.717, 1.165) is 12.8 Å². The van der Waals surface area contributed by atoms with E-state index in [2.05, 4.69) is 24.5 Å². The van der Waals surface area contributed by atoms with Gasteiger partial charge in [0, 0.05) is 12.6 Å². The molecule has 2 unspecified atom stereocenters. The lowest BCUT2D eigenvalue weighted by Crippen LogP contribution is -2.54. The van der Waals surface area contributed by atoms with Crippen LogP contribution in [-0.2, 0) is 9.59 Å². The molecule has 0 aliphatic heterocycles. The fourth-order valence-electron chi connectivity index (χ4n) is 1.73. The van der Waals surface area contributed by atoms with Crippen molar-refractivity contribution in [2.75, 3.05) is 7.05 Å². The highest BCUT2D eigenvalue weighted by molar-refractivity contribution is 5.82. The lowest BCUT2D eigenvalue weighted by molar-refractivity contribution is -0.141. The van der Waals surface area contributed by atoms with E-state index in [1.165, 1.54) is 0 Å². The van der Waals surface area contributed by atoms with E-state index in [1.807, 2.05) is 6.92 Å². The molecule has 0 aromatic heterocycles. The molecule has 0 bridgehead atoms. The molecular weight excluding hydrogens is 232 g/mol. The molecule has 0 spiro atoms. The summed E-state index contributed by atoms with van der Waals surface area (Å²) in [4.78, 5) is 22.7. The zero-order chi connectivity index (χ0) is 14.3. The zero-order valence-corrected chi connectivity index (χ0v) is 12.0. The lowest BCUT2D eigenvalue weighted by atomic mass is 9.92. The summed E-state index contributed by atoms with van der Waals surface area (Å²) in [6.07, 6.45) is 2.07. The van der Waals surface area contributed by atoms with Gasteiger partial charge in [-0.2, -0.15) is 0 Å². The highest BCUT2D eigenvalue weighted by atomic mass is 16.4. The van der Waals surface area contributed by atoms with Crippen molar-refractivity contribution < 1.29 is 14.7 Å². The summed E-state index contributed by atoms with van der Waals surface area (Å²) in [7, 11) is 1.57. The number of amides is 1. The van der Waals surface area contributed by atoms with Crippen molar-refractivity contribution >= 4 is 11.9 Å². The van der Waals surface area contributed by atoms with Crippen molar-refractivity contribution in [2.45, 2.75) is 58.5 Å². The van der Waals surface area contributed by atoms with Crippen molar-refractivity contribution in [1.29, 1.82) is 0 Å². The van der Waals surface area contributed by atoms with Crippen LogP contribution in [0.5, 0.6) is 0 Å². The highest BCUT2D eigenvalue weighted by Crippen LogP contribution is 2.17. The molecule has 3 N–H and O–H groups in total. The maximum Gasteiger partial charge on any atom is 0.306 e. The van der Waals surface area contributed by atoms with Crippen LogP contribution in [0.1, 0.15) is 47.0 Å². The van der Waals surface area contributed by atoms with E-state index in [9.17, 15) is 9.59 Å². The Balaban J connectivity index is 4.79. The van der Waals surface area contributed by atoms with Crippen LogP contribution < -0.4 is 10.6 Å². The van der Waals surface area contributed by atoms with Crippen LogP contribution >= 0.6 is 0 Å². The second-order valence-corrected chi connectivity index (χ2v) is 5.05. The van der Waals surface area contributed by atoms with E-state index < -0.39 is 17.9 Å². The molecule has 5 nitrogen and oxygen atoms in total. The number of hydrogen-bond donors (Lipinski definition) is 3. The molecule has 0 aromatic rings. The molecular formula is C13H26N2O3. The summed E-state index contributed by atoms with van der Waals surface area (Å²) in [5.74, 6) is -1.57. The zero-order valence-electron chi connectivity index (χ0n) is 12.0. The smallest absolute Gasteiger partial charge is 0.306 e. The van der Waals surface area contributed by atoms with Gasteiger partial charge in [0.15, 0.2) is 0 Å². The Morgan fingerprint density at radius 3 is 2.11 bits per heavy atom. The van der Waals surface area contributed by atoms with Crippen molar-refractivity contribution in [3.05, 3.63) is 0 Å². The monoisotopic (exact) mass is 258 g/mol. The molecule has 0 heterocycles. The summed E-state index contributed by atoms with van der Waals surface area (Å²) in [5, 5.41) is 14.8. The topological polar surface area (TPSA) is 78.4 Å². The molecule has 0 fully saturated rings. The minimum atomic E-state index is -0.875. The van der Waals surface area contributed by atoms with Crippen LogP contribution in [0.3, 0.4) is 0 Å². The molecule has 0 radical (unpaired) electrons. The largest absolute Gasteiger partial charge is 0.481 e. The third-order valence-electron chi connectivity index (χ3n) is 3.66. The highest BCUT2D eigenvalue weighted by Gasteiger charge is 2.29. The molecule has 1 amide bonds. The number of rotatable bonds is 8. The Kier molecular flexibility index (Phi) is 6.91. The van der Waals surface area contributed by atoms with Crippen LogP contribution in [-0.4, -0.2) is 35.6 Å². The summed E-state index contributed by atoms with van der Waals surface area (Å²) in [5.41, 5.74) is -0.143. The SMILES string of the molecule is CCC(C)(CC)NC(CC(C)C(=O)O)C(=O)NC. The third kappa shape index (κ3) is 5.04. The fraction of sp³-hybridized carbons (Fsp3) is 0.846. The predicted molar refractivity (Wildman–Crippen MR) is 71.4 cm³/mol. The molecule has 0 saturated heterocycles. The second-order valence-electron chi connectivity index (χ2n) is 5.05. The average Bonchev–Trinajstić information content (AvgIpc) is 2.36. The van der Waals surface area contributed by atoms with Gasteiger partial charge in [-0.15, -0.1) is 0 Å². The summed E-state index contributed by atoms with van der Waals surface area (Å²) < 4.78 is 0. The number of carbonyl (C=O) groups is 2. The summed E-state index contributed by atoms with van der Waals surface area (Å²) >= 11 is 0. The van der Waals surface area contributed by atoms with Crippen molar-refractivity contribution in [1.82, 2.24) is 10.6 Å². The van der Waals surface area contributed by atoms with Gasteiger partial charge in [-0.3, -0.25) is 9.59 Å². The molecule has 0 saturated carbocycles. The maximum absolute atomic E-state index is 11.8. The minimum absolute atomic E-state index is 0.143. The second kappa shape index (κ2) is 7.36. The van der Waals surface area contributed by atoms with Crippen LogP contribution in [0, 0.1) is 5.92 Å². The molecule has 5 heteroatoms.